The molecule has 0 aliphatic heterocycles. The number of nitrogens with zero attached hydrogens (tertiary/aromatic N) is 3. The number of benzene rings is 2. The van der Waals surface area contributed by atoms with Crippen molar-refractivity contribution in [2.45, 2.75) is 18.9 Å². The van der Waals surface area contributed by atoms with Gasteiger partial charge in [0.15, 0.2) is 5.82 Å². The van der Waals surface area contributed by atoms with E-state index in [1.807, 2.05) is 6.07 Å². The van der Waals surface area contributed by atoms with Crippen LogP contribution in [0.4, 0.5) is 13.2 Å². The van der Waals surface area contributed by atoms with Gasteiger partial charge in [0.05, 0.1) is 12.5 Å². The second-order valence-electron chi connectivity index (χ2n) is 6.93. The quantitative estimate of drug-likeness (QED) is 0.479. The van der Waals surface area contributed by atoms with Crippen molar-refractivity contribution in [3.63, 3.8) is 0 Å². The summed E-state index contributed by atoms with van der Waals surface area (Å²) in [6.45, 7) is 0.185. The first kappa shape index (κ1) is 20.2. The van der Waals surface area contributed by atoms with E-state index in [4.69, 9.17) is 10.4 Å². The highest BCUT2D eigenvalue weighted by Crippen LogP contribution is 2.37. The predicted molar refractivity (Wildman–Crippen MR) is 106 cm³/mol. The molecule has 0 aliphatic carbocycles. The van der Waals surface area contributed by atoms with E-state index >= 15 is 0 Å². The lowest BCUT2D eigenvalue weighted by atomic mass is 10.0. The van der Waals surface area contributed by atoms with Crippen molar-refractivity contribution < 1.29 is 28.2 Å². The maximum atomic E-state index is 14.1. The summed E-state index contributed by atoms with van der Waals surface area (Å²) in [4.78, 5) is 14.6. The molecule has 4 aromatic rings. The molecule has 0 aliphatic rings. The van der Waals surface area contributed by atoms with Crippen LogP contribution < -0.4 is 0 Å². The minimum absolute atomic E-state index is 0.0953. The van der Waals surface area contributed by atoms with Crippen molar-refractivity contribution >= 4 is 27.8 Å². The van der Waals surface area contributed by atoms with Gasteiger partial charge in [0.25, 0.3) is 0 Å². The lowest BCUT2D eigenvalue weighted by Gasteiger charge is -2.12. The fourth-order valence-electron chi connectivity index (χ4n) is 3.58. The Hall–Kier alpha value is -4.06. The molecule has 9 heteroatoms. The average molecular weight is 425 g/mol. The Kier molecular flexibility index (Phi) is 4.78. The minimum atomic E-state index is -4.06. The molecule has 0 unspecified atom stereocenters. The third kappa shape index (κ3) is 3.32. The van der Waals surface area contributed by atoms with E-state index in [1.54, 1.807) is 22.8 Å². The van der Waals surface area contributed by atoms with E-state index in [9.17, 15) is 23.1 Å². The summed E-state index contributed by atoms with van der Waals surface area (Å²) in [7, 11) is 0. The van der Waals surface area contributed by atoms with Gasteiger partial charge in [-0.05, 0) is 23.8 Å². The fourth-order valence-corrected chi connectivity index (χ4v) is 3.58. The van der Waals surface area contributed by atoms with Crippen molar-refractivity contribution in [1.29, 1.82) is 5.26 Å². The topological polar surface area (TPSA) is 99.1 Å². The first-order chi connectivity index (χ1) is 14.7. The van der Waals surface area contributed by atoms with E-state index in [0.717, 1.165) is 18.2 Å². The Labute approximate surface area is 173 Å². The number of aromatic nitrogens is 2. The van der Waals surface area contributed by atoms with E-state index in [1.165, 1.54) is 12.3 Å². The number of hydrogen-bond acceptors (Lipinski definition) is 4. The zero-order valence-electron chi connectivity index (χ0n) is 15.8. The van der Waals surface area contributed by atoms with Crippen molar-refractivity contribution in [3.8, 4) is 23.1 Å². The van der Waals surface area contributed by atoms with Gasteiger partial charge in [-0.15, -0.1) is 0 Å². The number of carbonyl (C=O) groups is 1. The second kappa shape index (κ2) is 7.32. The normalized spacial score (nSPS) is 11.7. The average Bonchev–Trinajstić information content (AvgIpc) is 3.06. The molecule has 0 spiro atoms. The highest BCUT2D eigenvalue weighted by atomic mass is 19.3. The molecule has 2 aromatic carbocycles. The van der Waals surface area contributed by atoms with Gasteiger partial charge in [-0.3, -0.25) is 0 Å². The number of alkyl halides is 2. The van der Waals surface area contributed by atoms with Gasteiger partial charge in [-0.1, -0.05) is 24.3 Å². The summed E-state index contributed by atoms with van der Waals surface area (Å²) in [5.74, 6) is -7.93. The molecule has 2 N–H and O–H groups in total. The number of nitriles is 1. The lowest BCUT2D eigenvalue weighted by molar-refractivity contribution is -0.166. The van der Waals surface area contributed by atoms with E-state index in [0.29, 0.717) is 32.9 Å². The fraction of sp³-hybridized carbons (Fsp3) is 0.136. The highest BCUT2D eigenvalue weighted by Gasteiger charge is 2.41. The van der Waals surface area contributed by atoms with Gasteiger partial charge in [-0.25, -0.2) is 14.2 Å². The lowest BCUT2D eigenvalue weighted by Crippen LogP contribution is -2.25. The van der Waals surface area contributed by atoms with Crippen LogP contribution >= 0.6 is 0 Å². The van der Waals surface area contributed by atoms with Gasteiger partial charge in [-0.2, -0.15) is 14.0 Å². The number of hydrogen-bond donors (Lipinski definition) is 2. The number of halogens is 3. The Balaban J connectivity index is 1.97. The van der Waals surface area contributed by atoms with Crippen LogP contribution in [0.15, 0.2) is 48.7 Å². The molecule has 0 saturated heterocycles. The summed E-state index contributed by atoms with van der Waals surface area (Å²) in [6.07, 6.45) is 1.39. The number of carboxylic acid groups (broad SMARTS) is 1. The Morgan fingerprint density at radius 3 is 2.42 bits per heavy atom. The summed E-state index contributed by atoms with van der Waals surface area (Å²) in [5, 5.41) is 28.5. The van der Waals surface area contributed by atoms with Crippen molar-refractivity contribution in [2.75, 3.05) is 0 Å². The van der Waals surface area contributed by atoms with Gasteiger partial charge >= 0.3 is 11.9 Å². The van der Waals surface area contributed by atoms with Crippen molar-refractivity contribution in [3.05, 3.63) is 60.0 Å². The SMILES string of the molecule is N#CCCn1c2cc(-c3cnc(O)c(F)c3)ccc2c2ccc(C(F)(F)C(=O)O)cc21. The number of aryl methyl sites for hydroxylation is 1. The highest BCUT2D eigenvalue weighted by molar-refractivity contribution is 6.09. The first-order valence-electron chi connectivity index (χ1n) is 9.13. The second-order valence-corrected chi connectivity index (χ2v) is 6.93. The molecular formula is C22H14F3N3O3. The third-order valence-corrected chi connectivity index (χ3v) is 5.10. The maximum absolute atomic E-state index is 14.1. The van der Waals surface area contributed by atoms with Crippen molar-refractivity contribution in [1.82, 2.24) is 9.55 Å². The molecular weight excluding hydrogens is 411 g/mol. The van der Waals surface area contributed by atoms with E-state index in [-0.39, 0.29) is 13.0 Å². The third-order valence-electron chi connectivity index (χ3n) is 5.10. The van der Waals surface area contributed by atoms with Gasteiger partial charge < -0.3 is 14.8 Å². The number of carboxylic acids is 1. The summed E-state index contributed by atoms with van der Waals surface area (Å²) >= 11 is 0. The summed E-state index contributed by atoms with van der Waals surface area (Å²) < 4.78 is 43.6. The molecule has 6 nitrogen and oxygen atoms in total. The van der Waals surface area contributed by atoms with Gasteiger partial charge in [0, 0.05) is 45.7 Å². The van der Waals surface area contributed by atoms with Crippen LogP contribution in [-0.2, 0) is 17.3 Å². The number of fused-ring (bicyclic) bond motifs is 3. The van der Waals surface area contributed by atoms with Crippen LogP contribution in [0.2, 0.25) is 0 Å². The summed E-state index contributed by atoms with van der Waals surface area (Å²) in [6, 6.07) is 11.9. The van der Waals surface area contributed by atoms with Crippen LogP contribution in [0.3, 0.4) is 0 Å². The molecule has 0 radical (unpaired) electrons. The smallest absolute Gasteiger partial charge is 0.379 e. The molecule has 0 atom stereocenters. The zero-order chi connectivity index (χ0) is 22.3. The van der Waals surface area contributed by atoms with Crippen LogP contribution in [0.1, 0.15) is 12.0 Å². The van der Waals surface area contributed by atoms with Gasteiger partial charge in [0.1, 0.15) is 0 Å². The number of pyridine rings is 1. The minimum Gasteiger partial charge on any atom is -0.491 e. The summed E-state index contributed by atoms with van der Waals surface area (Å²) in [5.41, 5.74) is 1.25. The van der Waals surface area contributed by atoms with Crippen LogP contribution in [0.5, 0.6) is 5.88 Å². The number of aliphatic carboxylic acids is 1. The molecule has 4 rings (SSSR count). The standard InChI is InChI=1S/C22H14F3N3O3/c23-17-8-13(11-27-20(17)29)12-2-4-15-16-5-3-14(22(24,25)21(30)31)10-19(16)28(7-1-6-26)18(15)9-12/h2-5,8-11H,1,7H2,(H,27,29)(H,30,31). The Morgan fingerprint density at radius 2 is 1.77 bits per heavy atom. The van der Waals surface area contributed by atoms with E-state index in [2.05, 4.69) is 4.98 Å². The molecule has 0 fully saturated rings. The first-order valence-corrected chi connectivity index (χ1v) is 9.13. The molecule has 156 valence electrons. The Bertz CT molecular complexity index is 1390. The Morgan fingerprint density at radius 1 is 1.10 bits per heavy atom. The van der Waals surface area contributed by atoms with Crippen LogP contribution in [0, 0.1) is 17.1 Å². The number of aromatic hydroxyl groups is 1. The number of rotatable bonds is 5. The van der Waals surface area contributed by atoms with Crippen molar-refractivity contribution in [2.24, 2.45) is 0 Å². The molecule has 2 heterocycles. The monoisotopic (exact) mass is 425 g/mol. The molecule has 0 amide bonds. The van der Waals surface area contributed by atoms with Crippen LogP contribution in [-0.4, -0.2) is 25.7 Å². The predicted octanol–water partition coefficient (Wildman–Crippen LogP) is 4.79. The van der Waals surface area contributed by atoms with Crippen LogP contribution in [0.25, 0.3) is 32.9 Å². The molecule has 0 bridgehead atoms. The molecule has 31 heavy (non-hydrogen) atoms. The molecule has 0 saturated carbocycles. The van der Waals surface area contributed by atoms with E-state index < -0.39 is 29.2 Å². The zero-order valence-corrected chi connectivity index (χ0v) is 15.8. The largest absolute Gasteiger partial charge is 0.491 e. The molecule has 2 aromatic heterocycles. The van der Waals surface area contributed by atoms with Gasteiger partial charge in [0.2, 0.25) is 5.88 Å². The maximum Gasteiger partial charge on any atom is 0.379 e.